The van der Waals surface area contributed by atoms with Crippen LogP contribution < -0.4 is 0 Å². The minimum atomic E-state index is 0.149. The summed E-state index contributed by atoms with van der Waals surface area (Å²) in [5.41, 5.74) is 4.25. The highest BCUT2D eigenvalue weighted by atomic mass is 16.2. The Hall–Kier alpha value is -1.05. The fourth-order valence-corrected chi connectivity index (χ4v) is 3.88. The van der Waals surface area contributed by atoms with Crippen molar-refractivity contribution in [1.82, 2.24) is 4.90 Å². The lowest BCUT2D eigenvalue weighted by Crippen LogP contribution is -2.37. The van der Waals surface area contributed by atoms with Crippen LogP contribution in [0.25, 0.3) is 0 Å². The number of allylic oxidation sites excluding steroid dienone is 1. The molecule has 0 aromatic carbocycles. The molecule has 2 saturated carbocycles. The zero-order valence-corrected chi connectivity index (χ0v) is 9.92. The highest BCUT2D eigenvalue weighted by Crippen LogP contribution is 2.63. The molecule has 4 aliphatic rings. The van der Waals surface area contributed by atoms with Gasteiger partial charge in [-0.3, -0.25) is 4.79 Å². The predicted octanol–water partition coefficient (Wildman–Crippen LogP) is 2.27. The number of amides is 1. The number of likely N-dealkylation sites (N-methyl/N-ethyl adjacent to an activating group) is 1. The Morgan fingerprint density at radius 1 is 1.44 bits per heavy atom. The number of nitrogens with zero attached hydrogens (tertiary/aromatic N) is 1. The maximum Gasteiger partial charge on any atom is 0.251 e. The quantitative estimate of drug-likeness (QED) is 0.657. The fourth-order valence-electron chi connectivity index (χ4n) is 3.88. The third-order valence-electron chi connectivity index (χ3n) is 4.94. The van der Waals surface area contributed by atoms with Crippen LogP contribution in [0, 0.1) is 11.8 Å². The Balaban J connectivity index is 1.89. The molecule has 0 aromatic rings. The molecule has 2 heteroatoms. The molecule has 0 aromatic heterocycles. The van der Waals surface area contributed by atoms with E-state index in [1.165, 1.54) is 36.0 Å². The predicted molar refractivity (Wildman–Crippen MR) is 61.7 cm³/mol. The van der Waals surface area contributed by atoms with E-state index in [-0.39, 0.29) is 5.54 Å². The molecule has 3 aliphatic carbocycles. The number of fused-ring (bicyclic) bond motifs is 3. The Bertz CT molecular complexity index is 467. The minimum absolute atomic E-state index is 0.149. The van der Waals surface area contributed by atoms with Gasteiger partial charge in [0.2, 0.25) is 0 Å². The molecule has 16 heavy (non-hydrogen) atoms. The molecule has 0 bridgehead atoms. The van der Waals surface area contributed by atoms with E-state index in [0.717, 1.165) is 6.54 Å². The Kier molecular flexibility index (Phi) is 1.38. The van der Waals surface area contributed by atoms with Crippen LogP contribution in [0.2, 0.25) is 0 Å². The van der Waals surface area contributed by atoms with Crippen LogP contribution in [0.1, 0.15) is 33.1 Å². The molecular formula is C14H17NO. The molecule has 2 atom stereocenters. The highest BCUT2D eigenvalue weighted by Gasteiger charge is 2.62. The second-order valence-corrected chi connectivity index (χ2v) is 5.75. The van der Waals surface area contributed by atoms with Crippen LogP contribution in [0.5, 0.6) is 0 Å². The standard InChI is InChI=1S/C14H17NO/c1-3-15-13(16)12-10-7-9(10)8(2)6-11(12)14(15)4-5-14/h6,9-10H,3-5,7H2,1-2H3. The van der Waals surface area contributed by atoms with E-state index in [1.807, 2.05) is 0 Å². The summed E-state index contributed by atoms with van der Waals surface area (Å²) in [6.45, 7) is 5.22. The number of carbonyl (C=O) groups is 1. The van der Waals surface area contributed by atoms with E-state index in [1.54, 1.807) is 0 Å². The van der Waals surface area contributed by atoms with E-state index in [2.05, 4.69) is 24.8 Å². The minimum Gasteiger partial charge on any atom is -0.329 e. The number of rotatable bonds is 1. The number of hydrogen-bond donors (Lipinski definition) is 0. The topological polar surface area (TPSA) is 20.3 Å². The normalized spacial score (nSPS) is 37.5. The van der Waals surface area contributed by atoms with Gasteiger partial charge in [0, 0.05) is 12.1 Å². The summed E-state index contributed by atoms with van der Waals surface area (Å²) in [5, 5.41) is 0. The molecule has 2 nitrogen and oxygen atoms in total. The van der Waals surface area contributed by atoms with Crippen molar-refractivity contribution >= 4 is 5.91 Å². The van der Waals surface area contributed by atoms with E-state index in [0.29, 0.717) is 17.7 Å². The third kappa shape index (κ3) is 0.804. The first-order chi connectivity index (χ1) is 7.69. The Morgan fingerprint density at radius 3 is 2.81 bits per heavy atom. The zero-order valence-electron chi connectivity index (χ0n) is 9.92. The lowest BCUT2D eigenvalue weighted by molar-refractivity contribution is -0.127. The van der Waals surface area contributed by atoms with Crippen LogP contribution in [-0.2, 0) is 4.79 Å². The molecule has 2 fully saturated rings. The van der Waals surface area contributed by atoms with E-state index < -0.39 is 0 Å². The van der Waals surface area contributed by atoms with Gasteiger partial charge in [0.25, 0.3) is 5.91 Å². The van der Waals surface area contributed by atoms with Gasteiger partial charge in [-0.1, -0.05) is 11.6 Å². The fraction of sp³-hybridized carbons (Fsp3) is 0.643. The lowest BCUT2D eigenvalue weighted by atomic mass is 9.91. The van der Waals surface area contributed by atoms with Gasteiger partial charge >= 0.3 is 0 Å². The maximum atomic E-state index is 12.4. The van der Waals surface area contributed by atoms with Gasteiger partial charge in [-0.2, -0.15) is 0 Å². The molecule has 0 saturated heterocycles. The molecule has 1 heterocycles. The second-order valence-electron chi connectivity index (χ2n) is 5.75. The zero-order chi connectivity index (χ0) is 11.1. The Morgan fingerprint density at radius 2 is 2.19 bits per heavy atom. The van der Waals surface area contributed by atoms with Crippen LogP contribution >= 0.6 is 0 Å². The van der Waals surface area contributed by atoms with Gasteiger partial charge in [-0.05, 0) is 50.5 Å². The SMILES string of the molecule is CCN1C(=O)C2=C(C=C(C)C3CC23)C12CC2. The van der Waals surface area contributed by atoms with Crippen molar-refractivity contribution in [3.63, 3.8) is 0 Å². The second kappa shape index (κ2) is 2.44. The summed E-state index contributed by atoms with van der Waals surface area (Å²) < 4.78 is 0. The van der Waals surface area contributed by atoms with Crippen molar-refractivity contribution in [3.8, 4) is 0 Å². The summed E-state index contributed by atoms with van der Waals surface area (Å²) in [6, 6.07) is 0. The first kappa shape index (κ1) is 9.03. The summed E-state index contributed by atoms with van der Waals surface area (Å²) in [6.07, 6.45) is 5.93. The van der Waals surface area contributed by atoms with Crippen molar-refractivity contribution in [2.75, 3.05) is 6.54 Å². The van der Waals surface area contributed by atoms with Crippen LogP contribution in [0.4, 0.5) is 0 Å². The van der Waals surface area contributed by atoms with Crippen molar-refractivity contribution in [3.05, 3.63) is 22.8 Å². The van der Waals surface area contributed by atoms with Gasteiger partial charge in [-0.25, -0.2) is 0 Å². The molecule has 0 radical (unpaired) electrons. The molecule has 1 amide bonds. The summed E-state index contributed by atoms with van der Waals surface area (Å²) in [5.74, 6) is 1.64. The number of hydrogen-bond acceptors (Lipinski definition) is 1. The molecule has 1 aliphatic heterocycles. The van der Waals surface area contributed by atoms with Crippen LogP contribution in [0.3, 0.4) is 0 Å². The first-order valence-corrected chi connectivity index (χ1v) is 6.44. The van der Waals surface area contributed by atoms with Crippen LogP contribution in [0.15, 0.2) is 22.8 Å². The average Bonchev–Trinajstić information content (AvgIpc) is 3.09. The average molecular weight is 215 g/mol. The monoisotopic (exact) mass is 215 g/mol. The van der Waals surface area contributed by atoms with Crippen molar-refractivity contribution in [1.29, 1.82) is 0 Å². The molecule has 1 spiro atoms. The summed E-state index contributed by atoms with van der Waals surface area (Å²) in [4.78, 5) is 14.5. The van der Waals surface area contributed by atoms with Gasteiger partial charge < -0.3 is 4.90 Å². The first-order valence-electron chi connectivity index (χ1n) is 6.44. The summed E-state index contributed by atoms with van der Waals surface area (Å²) in [7, 11) is 0. The van der Waals surface area contributed by atoms with E-state index >= 15 is 0 Å². The van der Waals surface area contributed by atoms with E-state index in [9.17, 15) is 4.79 Å². The van der Waals surface area contributed by atoms with Gasteiger partial charge in [0.05, 0.1) is 5.54 Å². The van der Waals surface area contributed by atoms with Gasteiger partial charge in [-0.15, -0.1) is 0 Å². The molecule has 84 valence electrons. The summed E-state index contributed by atoms with van der Waals surface area (Å²) >= 11 is 0. The third-order valence-corrected chi connectivity index (χ3v) is 4.94. The largest absolute Gasteiger partial charge is 0.329 e. The van der Waals surface area contributed by atoms with Crippen LogP contribution in [-0.4, -0.2) is 22.9 Å². The number of carbonyl (C=O) groups excluding carboxylic acids is 1. The Labute approximate surface area is 96.0 Å². The maximum absolute atomic E-state index is 12.4. The molecule has 0 N–H and O–H groups in total. The lowest BCUT2D eigenvalue weighted by Gasteiger charge is -2.24. The van der Waals surface area contributed by atoms with Gasteiger partial charge in [0.15, 0.2) is 0 Å². The van der Waals surface area contributed by atoms with Gasteiger partial charge in [0.1, 0.15) is 0 Å². The van der Waals surface area contributed by atoms with Crippen molar-refractivity contribution in [2.24, 2.45) is 11.8 Å². The van der Waals surface area contributed by atoms with Crippen molar-refractivity contribution in [2.45, 2.75) is 38.6 Å². The molecule has 4 rings (SSSR count). The smallest absolute Gasteiger partial charge is 0.251 e. The van der Waals surface area contributed by atoms with Crippen molar-refractivity contribution < 1.29 is 4.79 Å². The highest BCUT2D eigenvalue weighted by molar-refractivity contribution is 6.01. The van der Waals surface area contributed by atoms with E-state index in [4.69, 9.17) is 0 Å². The molecular weight excluding hydrogens is 198 g/mol. The molecule has 2 unspecified atom stereocenters.